The third kappa shape index (κ3) is 4.23. The fourth-order valence-electron chi connectivity index (χ4n) is 2.33. The van der Waals surface area contributed by atoms with Gasteiger partial charge in [0.2, 0.25) is 6.39 Å². The molecular formula is C11H21N5O3S. The molecule has 0 spiro atoms. The van der Waals surface area contributed by atoms with Crippen LogP contribution >= 0.6 is 0 Å². The van der Waals surface area contributed by atoms with E-state index < -0.39 is 10.2 Å². The molecule has 114 valence electrons. The third-order valence-corrected chi connectivity index (χ3v) is 5.06. The Morgan fingerprint density at radius 1 is 1.45 bits per heavy atom. The Hall–Kier alpha value is -1.03. The second-order valence-electron chi connectivity index (χ2n) is 4.90. The lowest BCUT2D eigenvalue weighted by atomic mass is 9.98. The molecule has 0 atom stereocenters. The van der Waals surface area contributed by atoms with Crippen molar-refractivity contribution in [1.82, 2.24) is 24.5 Å². The molecule has 1 aromatic heterocycles. The fraction of sp³-hybridized carbons (Fsp3) is 0.818. The zero-order valence-corrected chi connectivity index (χ0v) is 12.4. The van der Waals surface area contributed by atoms with Crippen LogP contribution < -0.4 is 10.0 Å². The molecule has 0 aromatic carbocycles. The Morgan fingerprint density at radius 3 is 2.80 bits per heavy atom. The largest absolute Gasteiger partial charge is 0.343 e. The van der Waals surface area contributed by atoms with E-state index in [2.05, 4.69) is 24.7 Å². The summed E-state index contributed by atoms with van der Waals surface area (Å²) in [6, 6.07) is 0. The van der Waals surface area contributed by atoms with Gasteiger partial charge in [-0.2, -0.15) is 17.7 Å². The van der Waals surface area contributed by atoms with Crippen molar-refractivity contribution in [3.8, 4) is 0 Å². The second-order valence-corrected chi connectivity index (χ2v) is 6.65. The molecule has 0 unspecified atom stereocenters. The molecule has 1 saturated heterocycles. The molecule has 8 nitrogen and oxygen atoms in total. The Bertz CT molecular complexity index is 482. The zero-order chi connectivity index (χ0) is 14.4. The minimum atomic E-state index is -3.40. The molecule has 9 heteroatoms. The summed E-state index contributed by atoms with van der Waals surface area (Å²) in [4.78, 5) is 3.85. The van der Waals surface area contributed by atoms with Gasteiger partial charge in [-0.1, -0.05) is 5.16 Å². The van der Waals surface area contributed by atoms with Crippen molar-refractivity contribution in [3.05, 3.63) is 12.2 Å². The summed E-state index contributed by atoms with van der Waals surface area (Å²) >= 11 is 0. The van der Waals surface area contributed by atoms with Gasteiger partial charge >= 0.3 is 0 Å². The average molecular weight is 303 g/mol. The van der Waals surface area contributed by atoms with Crippen LogP contribution in [0.1, 0.15) is 18.7 Å². The van der Waals surface area contributed by atoms with E-state index >= 15 is 0 Å². The van der Waals surface area contributed by atoms with E-state index in [1.165, 1.54) is 10.7 Å². The number of nitrogens with one attached hydrogen (secondary N) is 2. The molecule has 0 saturated carbocycles. The van der Waals surface area contributed by atoms with Crippen LogP contribution in [0.25, 0.3) is 0 Å². The lowest BCUT2D eigenvalue weighted by Gasteiger charge is -2.31. The maximum absolute atomic E-state index is 12.1. The van der Waals surface area contributed by atoms with Gasteiger partial charge in [-0.25, -0.2) is 4.72 Å². The normalized spacial score (nSPS) is 18.4. The van der Waals surface area contributed by atoms with E-state index in [-0.39, 0.29) is 6.54 Å². The highest BCUT2D eigenvalue weighted by molar-refractivity contribution is 7.87. The minimum absolute atomic E-state index is 0.276. The van der Waals surface area contributed by atoms with Gasteiger partial charge < -0.3 is 9.84 Å². The topological polar surface area (TPSA) is 100 Å². The van der Waals surface area contributed by atoms with Crippen LogP contribution in [0.15, 0.2) is 10.9 Å². The van der Waals surface area contributed by atoms with Crippen LogP contribution in [0.2, 0.25) is 0 Å². The summed E-state index contributed by atoms with van der Waals surface area (Å²) in [7, 11) is -1.48. The van der Waals surface area contributed by atoms with Crippen molar-refractivity contribution in [2.45, 2.75) is 19.3 Å². The fourth-order valence-corrected chi connectivity index (χ4v) is 3.56. The van der Waals surface area contributed by atoms with Crippen LogP contribution in [0, 0.1) is 5.92 Å². The van der Waals surface area contributed by atoms with Gasteiger partial charge in [0, 0.05) is 26.1 Å². The van der Waals surface area contributed by atoms with Crippen LogP contribution in [-0.2, 0) is 16.6 Å². The Morgan fingerprint density at radius 2 is 2.20 bits per heavy atom. The van der Waals surface area contributed by atoms with E-state index in [1.54, 1.807) is 0 Å². The Balaban J connectivity index is 1.76. The van der Waals surface area contributed by atoms with Crippen LogP contribution in [-0.4, -0.2) is 56.1 Å². The third-order valence-electron chi connectivity index (χ3n) is 3.45. The van der Waals surface area contributed by atoms with Crippen LogP contribution in [0.3, 0.4) is 0 Å². The van der Waals surface area contributed by atoms with Gasteiger partial charge in [0.25, 0.3) is 10.2 Å². The monoisotopic (exact) mass is 303 g/mol. The summed E-state index contributed by atoms with van der Waals surface area (Å²) in [6.45, 7) is 2.37. The molecule has 0 amide bonds. The van der Waals surface area contributed by atoms with Crippen LogP contribution in [0.5, 0.6) is 0 Å². The molecule has 0 aliphatic carbocycles. The SMILES string of the molecule is CNCC1CCN(S(=O)(=O)NCCc2ncon2)CC1. The predicted octanol–water partition coefficient (Wildman–Crippen LogP) is -0.622. The molecule has 0 radical (unpaired) electrons. The summed E-state index contributed by atoms with van der Waals surface area (Å²) in [5, 5.41) is 6.77. The van der Waals surface area contributed by atoms with Gasteiger partial charge in [0.15, 0.2) is 5.82 Å². The lowest BCUT2D eigenvalue weighted by Crippen LogP contribution is -2.46. The van der Waals surface area contributed by atoms with Crippen molar-refractivity contribution >= 4 is 10.2 Å². The molecule has 1 aliphatic heterocycles. The molecule has 0 bridgehead atoms. The highest BCUT2D eigenvalue weighted by Crippen LogP contribution is 2.18. The number of piperidine rings is 1. The first kappa shape index (κ1) is 15.4. The van der Waals surface area contributed by atoms with E-state index in [0.717, 1.165) is 19.4 Å². The summed E-state index contributed by atoms with van der Waals surface area (Å²) in [5.74, 6) is 1.06. The van der Waals surface area contributed by atoms with E-state index in [4.69, 9.17) is 0 Å². The number of hydrogen-bond donors (Lipinski definition) is 2. The molecule has 2 rings (SSSR count). The quantitative estimate of drug-likeness (QED) is 0.696. The highest BCUT2D eigenvalue weighted by atomic mass is 32.2. The van der Waals surface area contributed by atoms with Crippen LogP contribution in [0.4, 0.5) is 0 Å². The van der Waals surface area contributed by atoms with Gasteiger partial charge in [0.1, 0.15) is 0 Å². The first-order valence-corrected chi connectivity index (χ1v) is 8.20. The first-order valence-electron chi connectivity index (χ1n) is 6.76. The second kappa shape index (κ2) is 7.11. The van der Waals surface area contributed by atoms with Gasteiger partial charge in [-0.3, -0.25) is 0 Å². The maximum atomic E-state index is 12.1. The van der Waals surface area contributed by atoms with E-state index in [0.29, 0.717) is 31.3 Å². The predicted molar refractivity (Wildman–Crippen MR) is 73.1 cm³/mol. The summed E-state index contributed by atoms with van der Waals surface area (Å²) < 4.78 is 32.9. The number of aromatic nitrogens is 2. The molecule has 20 heavy (non-hydrogen) atoms. The number of hydrogen-bond acceptors (Lipinski definition) is 6. The standard InChI is InChI=1S/C11H21N5O3S/c1-12-8-10-3-6-16(7-4-10)20(17,18)14-5-2-11-13-9-19-15-11/h9-10,12,14H,2-8H2,1H3. The highest BCUT2D eigenvalue weighted by Gasteiger charge is 2.27. The Labute approximate surface area is 119 Å². The van der Waals surface area contributed by atoms with Crippen molar-refractivity contribution in [2.24, 2.45) is 5.92 Å². The van der Waals surface area contributed by atoms with Gasteiger partial charge in [-0.05, 0) is 32.4 Å². The number of nitrogens with zero attached hydrogens (tertiary/aromatic N) is 3. The molecule has 1 fully saturated rings. The average Bonchev–Trinajstić information content (AvgIpc) is 2.93. The molecule has 1 aliphatic rings. The maximum Gasteiger partial charge on any atom is 0.279 e. The smallest absolute Gasteiger partial charge is 0.279 e. The lowest BCUT2D eigenvalue weighted by molar-refractivity contribution is 0.268. The van der Waals surface area contributed by atoms with Crippen molar-refractivity contribution < 1.29 is 12.9 Å². The zero-order valence-electron chi connectivity index (χ0n) is 11.6. The van der Waals surface area contributed by atoms with Gasteiger partial charge in [0.05, 0.1) is 0 Å². The summed E-state index contributed by atoms with van der Waals surface area (Å²) in [5.41, 5.74) is 0. The Kier molecular flexibility index (Phi) is 5.46. The molecule has 2 N–H and O–H groups in total. The number of rotatable bonds is 7. The minimum Gasteiger partial charge on any atom is -0.343 e. The van der Waals surface area contributed by atoms with E-state index in [1.807, 2.05) is 7.05 Å². The molecule has 1 aromatic rings. The van der Waals surface area contributed by atoms with Crippen molar-refractivity contribution in [2.75, 3.05) is 33.2 Å². The van der Waals surface area contributed by atoms with Crippen molar-refractivity contribution in [3.63, 3.8) is 0 Å². The van der Waals surface area contributed by atoms with Gasteiger partial charge in [-0.15, -0.1) is 0 Å². The summed E-state index contributed by atoms with van der Waals surface area (Å²) in [6.07, 6.45) is 3.45. The molecular weight excluding hydrogens is 282 g/mol. The molecule has 2 heterocycles. The first-order chi connectivity index (χ1) is 9.62. The van der Waals surface area contributed by atoms with Crippen molar-refractivity contribution in [1.29, 1.82) is 0 Å². The van der Waals surface area contributed by atoms with E-state index in [9.17, 15) is 8.42 Å².